The van der Waals surface area contributed by atoms with Crippen molar-refractivity contribution in [3.63, 3.8) is 0 Å². The molecular weight excluding hydrogens is 203 g/mol. The van der Waals surface area contributed by atoms with Gasteiger partial charge in [-0.05, 0) is 39.0 Å². The van der Waals surface area contributed by atoms with Crippen molar-refractivity contribution in [3.8, 4) is 0 Å². The molecule has 2 heterocycles. The van der Waals surface area contributed by atoms with Gasteiger partial charge in [-0.15, -0.1) is 0 Å². The van der Waals surface area contributed by atoms with E-state index < -0.39 is 0 Å². The minimum Gasteiger partial charge on any atom is -0.403 e. The third kappa shape index (κ3) is 1.21. The van der Waals surface area contributed by atoms with Crippen molar-refractivity contribution >= 4 is 7.12 Å². The fraction of sp³-hybridized carbons (Fsp3) is 1.00. The van der Waals surface area contributed by atoms with Crippen LogP contribution in [0.15, 0.2) is 0 Å². The maximum absolute atomic E-state index is 6.11. The Morgan fingerprint density at radius 3 is 2.00 bits per heavy atom. The van der Waals surface area contributed by atoms with E-state index in [0.29, 0.717) is 17.2 Å². The van der Waals surface area contributed by atoms with Crippen LogP contribution >= 0.6 is 0 Å². The maximum atomic E-state index is 6.11. The molecule has 0 aromatic carbocycles. The Kier molecular flexibility index (Phi) is 1.97. The molecule has 3 unspecified atom stereocenters. The van der Waals surface area contributed by atoms with Crippen LogP contribution < -0.4 is 0 Å². The normalized spacial score (nSPS) is 48.2. The minimum atomic E-state index is -0.203. The molecule has 3 fully saturated rings. The summed E-state index contributed by atoms with van der Waals surface area (Å²) in [5.74, 6) is 1.17. The summed E-state index contributed by atoms with van der Waals surface area (Å²) in [7, 11) is -0.0381. The SMILES string of the molecule is CC12COCC1C2B1OC(C)(C)C(C)(C)O1. The Bertz CT molecular complexity index is 312. The van der Waals surface area contributed by atoms with Crippen molar-refractivity contribution in [3.05, 3.63) is 0 Å². The fourth-order valence-corrected chi connectivity index (χ4v) is 3.14. The molecule has 0 aromatic heterocycles. The molecule has 3 nitrogen and oxygen atoms in total. The minimum absolute atomic E-state index is 0.0381. The summed E-state index contributed by atoms with van der Waals surface area (Å²) < 4.78 is 17.7. The van der Waals surface area contributed by atoms with Crippen LogP contribution in [0.4, 0.5) is 0 Å². The van der Waals surface area contributed by atoms with Crippen molar-refractivity contribution in [1.82, 2.24) is 0 Å². The van der Waals surface area contributed by atoms with Gasteiger partial charge in [0.1, 0.15) is 0 Å². The van der Waals surface area contributed by atoms with Crippen molar-refractivity contribution in [2.45, 2.75) is 51.6 Å². The fourth-order valence-electron chi connectivity index (χ4n) is 3.14. The Morgan fingerprint density at radius 2 is 1.56 bits per heavy atom. The molecule has 2 aliphatic heterocycles. The predicted octanol–water partition coefficient (Wildman–Crippen LogP) is 2.12. The van der Waals surface area contributed by atoms with Crippen LogP contribution in [0, 0.1) is 11.3 Å². The van der Waals surface area contributed by atoms with Crippen LogP contribution in [0.2, 0.25) is 5.82 Å². The lowest BCUT2D eigenvalue weighted by atomic mass is 9.76. The molecule has 3 rings (SSSR count). The zero-order valence-corrected chi connectivity index (χ0v) is 10.9. The van der Waals surface area contributed by atoms with E-state index in [1.807, 2.05) is 0 Å². The Balaban J connectivity index is 1.77. The lowest BCUT2D eigenvalue weighted by molar-refractivity contribution is 0.00578. The molecule has 2 saturated heterocycles. The van der Waals surface area contributed by atoms with Crippen LogP contribution in [0.3, 0.4) is 0 Å². The lowest BCUT2D eigenvalue weighted by Gasteiger charge is -2.32. The second-order valence-corrected chi connectivity index (χ2v) is 6.78. The first-order chi connectivity index (χ1) is 7.28. The molecule has 0 radical (unpaired) electrons. The van der Waals surface area contributed by atoms with Gasteiger partial charge >= 0.3 is 7.12 Å². The van der Waals surface area contributed by atoms with Gasteiger partial charge in [0.15, 0.2) is 0 Å². The van der Waals surface area contributed by atoms with Crippen LogP contribution in [0.1, 0.15) is 34.6 Å². The molecular formula is C12H21BO3. The first-order valence-corrected chi connectivity index (χ1v) is 6.21. The highest BCUT2D eigenvalue weighted by atomic mass is 16.7. The molecule has 0 amide bonds. The van der Waals surface area contributed by atoms with Gasteiger partial charge in [-0.2, -0.15) is 0 Å². The first kappa shape index (κ1) is 11.1. The second kappa shape index (κ2) is 2.85. The summed E-state index contributed by atoms with van der Waals surface area (Å²) in [4.78, 5) is 0. The highest BCUT2D eigenvalue weighted by Gasteiger charge is 2.73. The van der Waals surface area contributed by atoms with E-state index in [0.717, 1.165) is 13.2 Å². The molecule has 1 saturated carbocycles. The highest BCUT2D eigenvalue weighted by molar-refractivity contribution is 6.49. The highest BCUT2D eigenvalue weighted by Crippen LogP contribution is 2.69. The zero-order valence-electron chi connectivity index (χ0n) is 10.9. The molecule has 0 spiro atoms. The molecule has 0 aromatic rings. The molecule has 0 N–H and O–H groups in total. The monoisotopic (exact) mass is 224 g/mol. The van der Waals surface area contributed by atoms with E-state index >= 15 is 0 Å². The van der Waals surface area contributed by atoms with E-state index in [-0.39, 0.29) is 18.3 Å². The Morgan fingerprint density at radius 1 is 1.00 bits per heavy atom. The van der Waals surface area contributed by atoms with Crippen molar-refractivity contribution in [1.29, 1.82) is 0 Å². The summed E-state index contributed by atoms with van der Waals surface area (Å²) >= 11 is 0. The lowest BCUT2D eigenvalue weighted by Crippen LogP contribution is -2.41. The first-order valence-electron chi connectivity index (χ1n) is 6.21. The third-order valence-electron chi connectivity index (χ3n) is 5.21. The molecule has 90 valence electrons. The molecule has 0 bridgehead atoms. The van der Waals surface area contributed by atoms with Crippen molar-refractivity contribution in [2.75, 3.05) is 13.2 Å². The zero-order chi connectivity index (χ0) is 11.8. The Labute approximate surface area is 98.0 Å². The quantitative estimate of drug-likeness (QED) is 0.638. The topological polar surface area (TPSA) is 27.7 Å². The van der Waals surface area contributed by atoms with Gasteiger partial charge in [-0.1, -0.05) is 6.92 Å². The molecule has 3 aliphatic rings. The standard InChI is InChI=1S/C12H21BO3/c1-10(2)11(3,4)16-13(15-10)9-8-6-14-7-12(8,9)5/h8-9H,6-7H2,1-5H3. The number of ether oxygens (including phenoxy) is 1. The summed E-state index contributed by atoms with van der Waals surface area (Å²) in [5, 5.41) is 0. The van der Waals surface area contributed by atoms with Gasteiger partial charge < -0.3 is 14.0 Å². The number of hydrogen-bond acceptors (Lipinski definition) is 3. The maximum Gasteiger partial charge on any atom is 0.462 e. The smallest absolute Gasteiger partial charge is 0.403 e. The van der Waals surface area contributed by atoms with E-state index in [4.69, 9.17) is 14.0 Å². The van der Waals surface area contributed by atoms with E-state index in [9.17, 15) is 0 Å². The van der Waals surface area contributed by atoms with E-state index in [2.05, 4.69) is 34.6 Å². The van der Waals surface area contributed by atoms with E-state index in [1.165, 1.54) is 0 Å². The van der Waals surface area contributed by atoms with Gasteiger partial charge in [-0.3, -0.25) is 0 Å². The van der Waals surface area contributed by atoms with Gasteiger partial charge in [0.05, 0.1) is 17.8 Å². The number of fused-ring (bicyclic) bond motifs is 1. The second-order valence-electron chi connectivity index (χ2n) is 6.78. The average molecular weight is 224 g/mol. The average Bonchev–Trinajstić information content (AvgIpc) is 2.41. The number of rotatable bonds is 1. The van der Waals surface area contributed by atoms with Crippen LogP contribution in [-0.4, -0.2) is 31.5 Å². The summed E-state index contributed by atoms with van der Waals surface area (Å²) in [6.45, 7) is 12.5. The number of hydrogen-bond donors (Lipinski definition) is 0. The van der Waals surface area contributed by atoms with Crippen molar-refractivity contribution < 1.29 is 14.0 Å². The van der Waals surface area contributed by atoms with Crippen LogP contribution in [0.5, 0.6) is 0 Å². The predicted molar refractivity (Wildman–Crippen MR) is 62.2 cm³/mol. The van der Waals surface area contributed by atoms with E-state index in [1.54, 1.807) is 0 Å². The molecule has 16 heavy (non-hydrogen) atoms. The largest absolute Gasteiger partial charge is 0.462 e. The summed E-state index contributed by atoms with van der Waals surface area (Å²) in [6, 6.07) is 0. The van der Waals surface area contributed by atoms with Gasteiger partial charge in [-0.25, -0.2) is 0 Å². The molecule has 1 aliphatic carbocycles. The molecule has 3 atom stereocenters. The third-order valence-corrected chi connectivity index (χ3v) is 5.21. The summed E-state index contributed by atoms with van der Waals surface area (Å²) in [5.41, 5.74) is -0.0985. The summed E-state index contributed by atoms with van der Waals surface area (Å²) in [6.07, 6.45) is 0. The molecule has 4 heteroatoms. The van der Waals surface area contributed by atoms with Gasteiger partial charge in [0.2, 0.25) is 0 Å². The Hall–Kier alpha value is -0.0551. The van der Waals surface area contributed by atoms with Gasteiger partial charge in [0, 0.05) is 12.4 Å². The van der Waals surface area contributed by atoms with Crippen molar-refractivity contribution in [2.24, 2.45) is 11.3 Å². The van der Waals surface area contributed by atoms with Crippen LogP contribution in [-0.2, 0) is 14.0 Å². The van der Waals surface area contributed by atoms with Gasteiger partial charge in [0.25, 0.3) is 0 Å². The van der Waals surface area contributed by atoms with Crippen LogP contribution in [0.25, 0.3) is 0 Å².